The van der Waals surface area contributed by atoms with Crippen molar-refractivity contribution in [2.75, 3.05) is 0 Å². The van der Waals surface area contributed by atoms with Crippen LogP contribution in [0.1, 0.15) is 41.7 Å². The average molecular weight is 524 g/mol. The van der Waals surface area contributed by atoms with Gasteiger partial charge in [-0.05, 0) is 65.4 Å². The third kappa shape index (κ3) is 3.24. The standard InChI is InChI=1S/C36H28FN2O/c1-20-10-13-26-27-15-12-23(18-38)33(35(27)40-34(26)32(20)31-17-30(37)21(2)19-39(31)5)22-11-14-25-24-8-6-7-9-28(24)36(3,4)29(25)16-22/h6-17,19H,1-5H3/q+1. The van der Waals surface area contributed by atoms with Crippen molar-refractivity contribution in [2.24, 2.45) is 7.05 Å². The molecule has 2 aromatic heterocycles. The Morgan fingerprint density at radius 1 is 0.800 bits per heavy atom. The summed E-state index contributed by atoms with van der Waals surface area (Å²) >= 11 is 0. The third-order valence-corrected chi connectivity index (χ3v) is 8.67. The van der Waals surface area contributed by atoms with Crippen molar-refractivity contribution in [3.8, 4) is 39.6 Å². The van der Waals surface area contributed by atoms with E-state index in [1.165, 1.54) is 22.3 Å². The normalized spacial score (nSPS) is 13.4. The molecule has 0 aliphatic heterocycles. The van der Waals surface area contributed by atoms with Gasteiger partial charge in [-0.15, -0.1) is 0 Å². The molecular weight excluding hydrogens is 495 g/mol. The van der Waals surface area contributed by atoms with E-state index in [4.69, 9.17) is 4.42 Å². The highest BCUT2D eigenvalue weighted by Gasteiger charge is 2.35. The van der Waals surface area contributed by atoms with Gasteiger partial charge < -0.3 is 4.42 Å². The summed E-state index contributed by atoms with van der Waals surface area (Å²) in [6.07, 6.45) is 1.80. The van der Waals surface area contributed by atoms with Crippen LogP contribution in [-0.2, 0) is 12.5 Å². The summed E-state index contributed by atoms with van der Waals surface area (Å²) in [6, 6.07) is 27.0. The van der Waals surface area contributed by atoms with Crippen molar-refractivity contribution in [3.05, 3.63) is 113 Å². The summed E-state index contributed by atoms with van der Waals surface area (Å²) in [6.45, 7) is 8.29. The molecule has 6 aromatic rings. The number of nitrogens with zero attached hydrogens (tertiary/aromatic N) is 2. The van der Waals surface area contributed by atoms with Gasteiger partial charge >= 0.3 is 0 Å². The first-order valence-corrected chi connectivity index (χ1v) is 13.5. The zero-order valence-electron chi connectivity index (χ0n) is 23.2. The number of benzene rings is 4. The predicted octanol–water partition coefficient (Wildman–Crippen LogP) is 8.68. The van der Waals surface area contributed by atoms with Gasteiger partial charge in [-0.1, -0.05) is 62.4 Å². The minimum absolute atomic E-state index is 0.162. The summed E-state index contributed by atoms with van der Waals surface area (Å²) < 4.78 is 23.4. The van der Waals surface area contributed by atoms with Gasteiger partial charge in [0, 0.05) is 33.4 Å². The van der Waals surface area contributed by atoms with Crippen LogP contribution in [0.2, 0.25) is 0 Å². The molecule has 0 unspecified atom stereocenters. The number of aromatic nitrogens is 1. The summed E-state index contributed by atoms with van der Waals surface area (Å²) in [5.74, 6) is -0.255. The zero-order chi connectivity index (χ0) is 27.9. The van der Waals surface area contributed by atoms with Crippen molar-refractivity contribution >= 4 is 21.9 Å². The monoisotopic (exact) mass is 523 g/mol. The Morgan fingerprint density at radius 2 is 1.50 bits per heavy atom. The molecule has 0 N–H and O–H groups in total. The van der Waals surface area contributed by atoms with Gasteiger partial charge in [-0.3, -0.25) is 0 Å². The van der Waals surface area contributed by atoms with Crippen LogP contribution in [0.5, 0.6) is 0 Å². The number of aryl methyl sites for hydroxylation is 3. The van der Waals surface area contributed by atoms with E-state index in [9.17, 15) is 9.65 Å². The highest BCUT2D eigenvalue weighted by molar-refractivity contribution is 6.14. The van der Waals surface area contributed by atoms with Crippen LogP contribution in [0.25, 0.3) is 55.4 Å². The predicted molar refractivity (Wildman–Crippen MR) is 157 cm³/mol. The number of furan rings is 1. The van der Waals surface area contributed by atoms with Gasteiger partial charge in [0.05, 0.1) is 17.2 Å². The number of rotatable bonds is 2. The maximum atomic E-state index is 14.8. The van der Waals surface area contributed by atoms with Crippen molar-refractivity contribution in [1.29, 1.82) is 5.26 Å². The van der Waals surface area contributed by atoms with Gasteiger partial charge in [-0.25, -0.2) is 8.96 Å². The first kappa shape index (κ1) is 24.3. The lowest BCUT2D eigenvalue weighted by Gasteiger charge is -2.22. The Labute approximate surface area is 232 Å². The molecule has 4 heteroatoms. The number of pyridine rings is 1. The van der Waals surface area contributed by atoms with E-state index in [0.29, 0.717) is 22.3 Å². The van der Waals surface area contributed by atoms with E-state index in [0.717, 1.165) is 38.7 Å². The second-order valence-electron chi connectivity index (χ2n) is 11.4. The molecule has 40 heavy (non-hydrogen) atoms. The van der Waals surface area contributed by atoms with Crippen LogP contribution in [0.3, 0.4) is 0 Å². The van der Waals surface area contributed by atoms with Gasteiger partial charge in [0.15, 0.2) is 6.20 Å². The van der Waals surface area contributed by atoms with E-state index in [2.05, 4.69) is 74.5 Å². The van der Waals surface area contributed by atoms with Gasteiger partial charge in [0.1, 0.15) is 24.0 Å². The number of nitriles is 1. The second-order valence-corrected chi connectivity index (χ2v) is 11.4. The number of hydrogen-bond acceptors (Lipinski definition) is 2. The van der Waals surface area contributed by atoms with Crippen LogP contribution in [0, 0.1) is 31.0 Å². The van der Waals surface area contributed by atoms with E-state index >= 15 is 0 Å². The van der Waals surface area contributed by atoms with E-state index in [-0.39, 0.29) is 11.2 Å². The summed E-state index contributed by atoms with van der Waals surface area (Å²) in [5, 5.41) is 12.1. The van der Waals surface area contributed by atoms with Crippen molar-refractivity contribution in [2.45, 2.75) is 33.1 Å². The number of fused-ring (bicyclic) bond motifs is 6. The molecule has 1 aliphatic carbocycles. The molecule has 0 bridgehead atoms. The Kier molecular flexibility index (Phi) is 5.09. The maximum absolute atomic E-state index is 14.8. The Hall–Kier alpha value is -4.75. The Morgan fingerprint density at radius 3 is 2.27 bits per heavy atom. The summed E-state index contributed by atoms with van der Waals surface area (Å²) in [7, 11) is 1.92. The van der Waals surface area contributed by atoms with Crippen molar-refractivity contribution < 1.29 is 13.4 Å². The molecule has 2 heterocycles. The van der Waals surface area contributed by atoms with Crippen LogP contribution in [-0.4, -0.2) is 0 Å². The SMILES string of the molecule is Cc1c[n+](C)c(-c2c(C)ccc3c2oc2c(-c4ccc5c(c4)C(C)(C)c4ccccc4-5)c(C#N)ccc23)cc1F. The highest BCUT2D eigenvalue weighted by atomic mass is 19.1. The smallest absolute Gasteiger partial charge is 0.219 e. The highest BCUT2D eigenvalue weighted by Crippen LogP contribution is 2.50. The third-order valence-electron chi connectivity index (χ3n) is 8.67. The van der Waals surface area contributed by atoms with Crippen molar-refractivity contribution in [1.82, 2.24) is 0 Å². The average Bonchev–Trinajstić information content (AvgIpc) is 3.43. The van der Waals surface area contributed by atoms with Crippen molar-refractivity contribution in [3.63, 3.8) is 0 Å². The molecule has 4 aromatic carbocycles. The van der Waals surface area contributed by atoms with E-state index in [1.54, 1.807) is 19.2 Å². The number of hydrogen-bond donors (Lipinski definition) is 0. The fourth-order valence-corrected chi connectivity index (χ4v) is 6.57. The summed E-state index contributed by atoms with van der Waals surface area (Å²) in [4.78, 5) is 0. The molecule has 3 nitrogen and oxygen atoms in total. The fraction of sp³-hybridized carbons (Fsp3) is 0.167. The molecule has 1 aliphatic rings. The molecule has 0 atom stereocenters. The minimum Gasteiger partial charge on any atom is -0.454 e. The lowest BCUT2D eigenvalue weighted by atomic mass is 9.81. The molecule has 194 valence electrons. The molecule has 0 spiro atoms. The molecule has 0 fully saturated rings. The molecule has 0 saturated heterocycles. The Bertz CT molecular complexity index is 2090. The van der Waals surface area contributed by atoms with Crippen LogP contribution in [0.15, 0.2) is 83.4 Å². The molecular formula is C36H28FN2O+. The topological polar surface area (TPSA) is 40.8 Å². The second kappa shape index (κ2) is 8.37. The first-order valence-electron chi connectivity index (χ1n) is 13.5. The van der Waals surface area contributed by atoms with Crippen LogP contribution >= 0.6 is 0 Å². The molecule has 0 saturated carbocycles. The first-order chi connectivity index (χ1) is 19.2. The Balaban J connectivity index is 1.52. The minimum atomic E-state index is -0.255. The quantitative estimate of drug-likeness (QED) is 0.213. The summed E-state index contributed by atoms with van der Waals surface area (Å²) in [5.41, 5.74) is 11.7. The largest absolute Gasteiger partial charge is 0.454 e. The lowest BCUT2D eigenvalue weighted by Crippen LogP contribution is -2.31. The van der Waals surface area contributed by atoms with Gasteiger partial charge in [0.25, 0.3) is 0 Å². The van der Waals surface area contributed by atoms with E-state index < -0.39 is 0 Å². The fourth-order valence-electron chi connectivity index (χ4n) is 6.57. The number of halogens is 1. The lowest BCUT2D eigenvalue weighted by molar-refractivity contribution is -0.661. The maximum Gasteiger partial charge on any atom is 0.219 e. The zero-order valence-corrected chi connectivity index (χ0v) is 23.2. The van der Waals surface area contributed by atoms with Gasteiger partial charge in [0.2, 0.25) is 5.69 Å². The van der Waals surface area contributed by atoms with E-state index in [1.807, 2.05) is 30.7 Å². The molecule has 0 radical (unpaired) electrons. The molecule has 7 rings (SSSR count). The molecule has 0 amide bonds. The van der Waals surface area contributed by atoms with Crippen LogP contribution in [0.4, 0.5) is 4.39 Å². The van der Waals surface area contributed by atoms with Gasteiger partial charge in [-0.2, -0.15) is 5.26 Å². The van der Waals surface area contributed by atoms with Crippen LogP contribution < -0.4 is 4.57 Å².